The molecule has 0 spiro atoms. The molecular weight excluding hydrogens is 667 g/mol. The Kier molecular flexibility index (Phi) is 36.4. The van der Waals surface area contributed by atoms with Crippen molar-refractivity contribution in [3.8, 4) is 0 Å². The molecule has 0 bridgehead atoms. The van der Waals surface area contributed by atoms with Crippen LogP contribution in [0, 0.1) is 0 Å². The number of rotatable bonds is 36. The normalized spacial score (nSPS) is 14.2. The topological polar surface area (TPSA) is 104 Å². The summed E-state index contributed by atoms with van der Waals surface area (Å²) in [6.45, 7) is 4.41. The molecule has 0 saturated carbocycles. The lowest BCUT2D eigenvalue weighted by atomic mass is 10.0. The summed E-state index contributed by atoms with van der Waals surface area (Å²) in [5, 5.41) is 13.2. The van der Waals surface area contributed by atoms with E-state index < -0.39 is 28.0 Å². The molecule has 0 heterocycles. The zero-order chi connectivity index (χ0) is 38.2. The number of nitrogens with one attached hydrogen (secondary N) is 1. The van der Waals surface area contributed by atoms with Gasteiger partial charge in [-0.05, 0) is 77.0 Å². The minimum Gasteiger partial charge on any atom is -0.387 e. The second-order valence-electron chi connectivity index (χ2n) is 13.9. The molecule has 0 aliphatic rings. The molecule has 1 amide bonds. The van der Waals surface area contributed by atoms with Crippen molar-refractivity contribution in [2.24, 2.45) is 0 Å². The molecule has 3 N–H and O–H groups in total. The maximum Gasteiger partial charge on any atom is 0.267 e. The van der Waals surface area contributed by atoms with E-state index in [2.05, 4.69) is 92.1 Å². The van der Waals surface area contributed by atoms with Crippen LogP contribution in [0.5, 0.6) is 0 Å². The molecule has 0 aromatic heterocycles. The molecule has 6 nitrogen and oxygen atoms in total. The van der Waals surface area contributed by atoms with Gasteiger partial charge in [0.2, 0.25) is 5.91 Å². The first-order valence-electron chi connectivity index (χ1n) is 20.8. The Hall–Kier alpha value is -2.48. The van der Waals surface area contributed by atoms with Gasteiger partial charge in [0.1, 0.15) is 0 Å². The summed E-state index contributed by atoms with van der Waals surface area (Å²) < 4.78 is 32.5. The molecule has 298 valence electrons. The fourth-order valence-corrected chi connectivity index (χ4v) is 6.46. The monoisotopic (exact) mass is 744 g/mol. The maximum absolute atomic E-state index is 12.5. The Labute approximate surface area is 320 Å². The van der Waals surface area contributed by atoms with E-state index in [4.69, 9.17) is 0 Å². The first-order chi connectivity index (χ1) is 25.3. The number of hydrogen-bond acceptors (Lipinski definition) is 4. The van der Waals surface area contributed by atoms with Gasteiger partial charge < -0.3 is 10.4 Å². The van der Waals surface area contributed by atoms with Gasteiger partial charge in [-0.3, -0.25) is 9.35 Å². The van der Waals surface area contributed by atoms with E-state index in [1.165, 1.54) is 83.1 Å². The van der Waals surface area contributed by atoms with Crippen LogP contribution < -0.4 is 5.32 Å². The minimum absolute atomic E-state index is 0.244. The number of aliphatic hydroxyl groups excluding tert-OH is 1. The van der Waals surface area contributed by atoms with Crippen molar-refractivity contribution in [2.75, 3.05) is 5.75 Å². The van der Waals surface area contributed by atoms with Gasteiger partial charge in [0.25, 0.3) is 10.1 Å². The number of carbonyl (C=O) groups excluding carboxylic acids is 1. The second kappa shape index (κ2) is 38.3. The van der Waals surface area contributed by atoms with Crippen molar-refractivity contribution >= 4 is 16.0 Å². The van der Waals surface area contributed by atoms with Gasteiger partial charge in [-0.25, -0.2) is 0 Å². The van der Waals surface area contributed by atoms with E-state index in [1.54, 1.807) is 6.08 Å². The van der Waals surface area contributed by atoms with Gasteiger partial charge >= 0.3 is 0 Å². The molecule has 0 aromatic carbocycles. The number of allylic oxidation sites excluding steroid dienone is 13. The molecule has 7 heteroatoms. The van der Waals surface area contributed by atoms with Crippen LogP contribution in [0.15, 0.2) is 85.1 Å². The van der Waals surface area contributed by atoms with Crippen molar-refractivity contribution in [3.63, 3.8) is 0 Å². The highest BCUT2D eigenvalue weighted by atomic mass is 32.2. The van der Waals surface area contributed by atoms with Crippen LogP contribution in [0.4, 0.5) is 0 Å². The molecule has 0 rings (SSSR count). The average Bonchev–Trinajstić information content (AvgIpc) is 3.11. The van der Waals surface area contributed by atoms with Crippen LogP contribution in [-0.4, -0.2) is 41.9 Å². The lowest BCUT2D eigenvalue weighted by Gasteiger charge is -2.21. The number of hydrogen-bond donors (Lipinski definition) is 3. The first kappa shape index (κ1) is 49.5. The first-order valence-corrected chi connectivity index (χ1v) is 22.4. The molecule has 52 heavy (non-hydrogen) atoms. The van der Waals surface area contributed by atoms with Crippen molar-refractivity contribution in [2.45, 2.75) is 187 Å². The van der Waals surface area contributed by atoms with Crippen LogP contribution in [0.1, 0.15) is 174 Å². The van der Waals surface area contributed by atoms with Gasteiger partial charge in [-0.1, -0.05) is 176 Å². The van der Waals surface area contributed by atoms with Gasteiger partial charge in [-0.2, -0.15) is 8.42 Å². The van der Waals surface area contributed by atoms with E-state index in [0.717, 1.165) is 64.2 Å². The summed E-state index contributed by atoms with van der Waals surface area (Å²) in [6.07, 6.45) is 55.7. The van der Waals surface area contributed by atoms with E-state index in [1.807, 2.05) is 0 Å². The summed E-state index contributed by atoms with van der Waals surface area (Å²) in [5.74, 6) is -1.05. The van der Waals surface area contributed by atoms with Crippen LogP contribution in [0.25, 0.3) is 0 Å². The highest BCUT2D eigenvalue weighted by Gasteiger charge is 2.24. The fraction of sp³-hybridized carbons (Fsp3) is 0.667. The highest BCUT2D eigenvalue weighted by molar-refractivity contribution is 7.85. The fourth-order valence-electron chi connectivity index (χ4n) is 5.73. The Morgan fingerprint density at radius 2 is 0.942 bits per heavy atom. The summed E-state index contributed by atoms with van der Waals surface area (Å²) in [6, 6.07) is -1.10. The summed E-state index contributed by atoms with van der Waals surface area (Å²) in [7, 11) is -4.37. The maximum atomic E-state index is 12.5. The van der Waals surface area contributed by atoms with Crippen molar-refractivity contribution in [1.82, 2.24) is 5.32 Å². The van der Waals surface area contributed by atoms with Crippen molar-refractivity contribution in [1.29, 1.82) is 0 Å². The summed E-state index contributed by atoms with van der Waals surface area (Å²) in [5.41, 5.74) is 0. The third-order valence-electron chi connectivity index (χ3n) is 8.81. The summed E-state index contributed by atoms with van der Waals surface area (Å²) in [4.78, 5) is 12.5. The minimum atomic E-state index is -4.37. The molecule has 2 atom stereocenters. The average molecular weight is 744 g/mol. The van der Waals surface area contributed by atoms with Crippen molar-refractivity contribution in [3.05, 3.63) is 85.1 Å². The number of amides is 1. The zero-order valence-electron chi connectivity index (χ0n) is 33.1. The molecule has 0 fully saturated rings. The Bertz CT molecular complexity index is 1130. The third kappa shape index (κ3) is 38.7. The second-order valence-corrected chi connectivity index (χ2v) is 15.4. The standard InChI is InChI=1S/C45H77NO5S/c1-3-5-7-9-11-13-15-17-19-21-23-25-27-29-31-33-35-37-39-41-45(48)46-43(42-52(49,50)51)44(47)40-38-36-34-32-30-28-26-24-22-20-18-16-14-12-10-8-6-4-2/h5,7,11,13,17,19,23,25,29-32,38,40,43-44,47H,3-4,6,8-10,12,14-16,18,20-22,24,26-28,33-37,39,41-42H2,1-2H3,(H,46,48)(H,49,50,51)/b7-5-,13-11-,19-17-,25-23-,31-29-,32-30+,40-38+. The van der Waals surface area contributed by atoms with Gasteiger partial charge in [-0.15, -0.1) is 0 Å². The van der Waals surface area contributed by atoms with E-state index in [0.29, 0.717) is 12.8 Å². The number of aliphatic hydroxyl groups is 1. The SMILES string of the molecule is CC/C=C\C/C=C\C/C=C\C/C=C\C/C=C\CCCCCC(=O)NC(CS(=O)(=O)O)C(O)/C=C/CC/C=C/CCCCCCCCCCCCCC. The van der Waals surface area contributed by atoms with Crippen LogP contribution in [-0.2, 0) is 14.9 Å². The zero-order valence-corrected chi connectivity index (χ0v) is 34.0. The van der Waals surface area contributed by atoms with E-state index in [9.17, 15) is 22.9 Å². The van der Waals surface area contributed by atoms with Crippen molar-refractivity contribution < 1.29 is 22.9 Å². The number of carbonyl (C=O) groups is 1. The lowest BCUT2D eigenvalue weighted by Crippen LogP contribution is -2.46. The largest absolute Gasteiger partial charge is 0.387 e. The summed E-state index contributed by atoms with van der Waals surface area (Å²) >= 11 is 0. The molecule has 0 radical (unpaired) electrons. The molecule has 0 aliphatic carbocycles. The smallest absolute Gasteiger partial charge is 0.267 e. The third-order valence-corrected chi connectivity index (χ3v) is 9.59. The Morgan fingerprint density at radius 1 is 0.538 bits per heavy atom. The molecule has 0 aliphatic heterocycles. The molecular formula is C45H77NO5S. The molecule has 0 saturated heterocycles. The molecule has 0 aromatic rings. The van der Waals surface area contributed by atoms with Gasteiger partial charge in [0.15, 0.2) is 0 Å². The highest BCUT2D eigenvalue weighted by Crippen LogP contribution is 2.13. The predicted octanol–water partition coefficient (Wildman–Crippen LogP) is 12.4. The quantitative estimate of drug-likeness (QED) is 0.0337. The van der Waals surface area contributed by atoms with Gasteiger partial charge in [0, 0.05) is 6.42 Å². The molecule has 2 unspecified atom stereocenters. The Morgan fingerprint density at radius 3 is 1.44 bits per heavy atom. The van der Waals surface area contributed by atoms with E-state index in [-0.39, 0.29) is 12.3 Å². The van der Waals surface area contributed by atoms with Crippen LogP contribution in [0.2, 0.25) is 0 Å². The predicted molar refractivity (Wildman–Crippen MR) is 225 cm³/mol. The van der Waals surface area contributed by atoms with Gasteiger partial charge in [0.05, 0.1) is 17.9 Å². The van der Waals surface area contributed by atoms with E-state index >= 15 is 0 Å². The van der Waals surface area contributed by atoms with Crippen LogP contribution >= 0.6 is 0 Å². The number of unbranched alkanes of at least 4 members (excludes halogenated alkanes) is 16. The van der Waals surface area contributed by atoms with Crippen LogP contribution in [0.3, 0.4) is 0 Å². The lowest BCUT2D eigenvalue weighted by molar-refractivity contribution is -0.122. The Balaban J connectivity index is 4.07.